The van der Waals surface area contributed by atoms with Crippen molar-refractivity contribution in [3.8, 4) is 22.9 Å². The van der Waals surface area contributed by atoms with Crippen LogP contribution in [0, 0.1) is 6.92 Å². The average molecular weight is 449 g/mol. The summed E-state index contributed by atoms with van der Waals surface area (Å²) < 4.78 is 16.0. The van der Waals surface area contributed by atoms with E-state index in [1.165, 1.54) is 5.56 Å². The van der Waals surface area contributed by atoms with Crippen LogP contribution in [-0.2, 0) is 11.3 Å². The van der Waals surface area contributed by atoms with Gasteiger partial charge in [-0.25, -0.2) is 0 Å². The summed E-state index contributed by atoms with van der Waals surface area (Å²) in [6.45, 7) is 5.39. The number of ether oxygens (including phenoxy) is 2. The highest BCUT2D eigenvalue weighted by Gasteiger charge is 2.21. The molecule has 4 rings (SSSR count). The maximum absolute atomic E-state index is 12.6. The average Bonchev–Trinajstić information content (AvgIpc) is 3.31. The zero-order valence-corrected chi connectivity index (χ0v) is 19.2. The standard InChI is InChI=1S/C25H28N4O4/c1-18-4-7-20(8-5-18)25-26-23(33-27-25)17-28-10-12-29(13-11-28)24(30)9-6-19-14-21(31-2)16-22(15-19)32-3/h4-9,14-16H,10-13,17H2,1-3H3/b9-6+. The second kappa shape index (κ2) is 10.3. The van der Waals surface area contributed by atoms with E-state index in [-0.39, 0.29) is 5.91 Å². The van der Waals surface area contributed by atoms with E-state index in [1.807, 2.05) is 48.2 Å². The lowest BCUT2D eigenvalue weighted by Crippen LogP contribution is -2.47. The summed E-state index contributed by atoms with van der Waals surface area (Å²) in [7, 11) is 3.20. The van der Waals surface area contributed by atoms with Gasteiger partial charge in [-0.3, -0.25) is 9.69 Å². The van der Waals surface area contributed by atoms with E-state index in [0.717, 1.165) is 24.2 Å². The summed E-state index contributed by atoms with van der Waals surface area (Å²) in [4.78, 5) is 21.2. The minimum Gasteiger partial charge on any atom is -0.497 e. The molecule has 2 heterocycles. The molecule has 0 spiro atoms. The Morgan fingerprint density at radius 2 is 1.70 bits per heavy atom. The Kier molecular flexibility index (Phi) is 7.04. The van der Waals surface area contributed by atoms with Gasteiger partial charge in [-0.1, -0.05) is 35.0 Å². The van der Waals surface area contributed by atoms with Gasteiger partial charge < -0.3 is 18.9 Å². The first-order chi connectivity index (χ1) is 16.0. The molecule has 0 saturated carbocycles. The van der Waals surface area contributed by atoms with Gasteiger partial charge in [0.25, 0.3) is 0 Å². The van der Waals surface area contributed by atoms with E-state index in [0.29, 0.717) is 42.8 Å². The third-order valence-corrected chi connectivity index (χ3v) is 5.61. The Bertz CT molecular complexity index is 1090. The van der Waals surface area contributed by atoms with Gasteiger partial charge in [0, 0.05) is 43.9 Å². The number of amides is 1. The summed E-state index contributed by atoms with van der Waals surface area (Å²) in [6.07, 6.45) is 3.38. The lowest BCUT2D eigenvalue weighted by molar-refractivity contribution is -0.127. The van der Waals surface area contributed by atoms with Crippen LogP contribution in [0.2, 0.25) is 0 Å². The minimum atomic E-state index is -0.0177. The summed E-state index contributed by atoms with van der Waals surface area (Å²) in [6, 6.07) is 13.6. The number of piperazine rings is 1. The lowest BCUT2D eigenvalue weighted by atomic mass is 10.1. The number of nitrogens with zero attached hydrogens (tertiary/aromatic N) is 4. The fourth-order valence-corrected chi connectivity index (χ4v) is 3.66. The van der Waals surface area contributed by atoms with Crippen molar-refractivity contribution < 1.29 is 18.8 Å². The number of hydrogen-bond acceptors (Lipinski definition) is 7. The fraction of sp³-hybridized carbons (Fsp3) is 0.320. The molecular weight excluding hydrogens is 420 g/mol. The monoisotopic (exact) mass is 448 g/mol. The van der Waals surface area contributed by atoms with Gasteiger partial charge in [0.05, 0.1) is 20.8 Å². The predicted octanol–water partition coefficient (Wildman–Crippen LogP) is 3.42. The highest BCUT2D eigenvalue weighted by molar-refractivity contribution is 5.92. The third-order valence-electron chi connectivity index (χ3n) is 5.61. The molecular formula is C25H28N4O4. The molecule has 0 bridgehead atoms. The Balaban J connectivity index is 1.29. The SMILES string of the molecule is COc1cc(/C=C/C(=O)N2CCN(Cc3nc(-c4ccc(C)cc4)no3)CC2)cc(OC)c1. The number of hydrogen-bond donors (Lipinski definition) is 0. The highest BCUT2D eigenvalue weighted by atomic mass is 16.5. The van der Waals surface area contributed by atoms with Crippen LogP contribution in [0.3, 0.4) is 0 Å². The summed E-state index contributed by atoms with van der Waals surface area (Å²) in [5.41, 5.74) is 2.97. The molecule has 0 unspecified atom stereocenters. The maximum Gasteiger partial charge on any atom is 0.246 e. The van der Waals surface area contributed by atoms with Crippen LogP contribution in [0.1, 0.15) is 17.0 Å². The second-order valence-corrected chi connectivity index (χ2v) is 7.96. The minimum absolute atomic E-state index is 0.0177. The Morgan fingerprint density at radius 1 is 1.03 bits per heavy atom. The normalized spacial score (nSPS) is 14.6. The number of rotatable bonds is 7. The van der Waals surface area contributed by atoms with Crippen LogP contribution in [0.25, 0.3) is 17.5 Å². The van der Waals surface area contributed by atoms with Crippen LogP contribution >= 0.6 is 0 Å². The van der Waals surface area contributed by atoms with Crippen molar-refractivity contribution in [1.29, 1.82) is 0 Å². The van der Waals surface area contributed by atoms with E-state index in [1.54, 1.807) is 32.4 Å². The summed E-state index contributed by atoms with van der Waals surface area (Å²) in [5, 5.41) is 4.10. The van der Waals surface area contributed by atoms with Crippen molar-refractivity contribution in [3.63, 3.8) is 0 Å². The summed E-state index contributed by atoms with van der Waals surface area (Å²) >= 11 is 0. The summed E-state index contributed by atoms with van der Waals surface area (Å²) in [5.74, 6) is 2.52. The molecule has 1 fully saturated rings. The van der Waals surface area contributed by atoms with Gasteiger partial charge >= 0.3 is 0 Å². The molecule has 1 amide bonds. The van der Waals surface area contributed by atoms with Gasteiger partial charge in [0.15, 0.2) is 0 Å². The zero-order chi connectivity index (χ0) is 23.2. The van der Waals surface area contributed by atoms with E-state index < -0.39 is 0 Å². The van der Waals surface area contributed by atoms with Crippen LogP contribution in [0.15, 0.2) is 53.1 Å². The molecule has 0 radical (unpaired) electrons. The van der Waals surface area contributed by atoms with Crippen LogP contribution in [-0.4, -0.2) is 66.2 Å². The number of carbonyl (C=O) groups is 1. The zero-order valence-electron chi connectivity index (χ0n) is 19.2. The number of aryl methyl sites for hydroxylation is 1. The first-order valence-electron chi connectivity index (χ1n) is 10.9. The van der Waals surface area contributed by atoms with E-state index in [4.69, 9.17) is 14.0 Å². The van der Waals surface area contributed by atoms with Gasteiger partial charge in [0.2, 0.25) is 17.6 Å². The number of methoxy groups -OCH3 is 2. The van der Waals surface area contributed by atoms with Crippen molar-refractivity contribution in [1.82, 2.24) is 19.9 Å². The van der Waals surface area contributed by atoms with Crippen molar-refractivity contribution in [2.24, 2.45) is 0 Å². The molecule has 1 aromatic heterocycles. The van der Waals surface area contributed by atoms with Crippen LogP contribution in [0.5, 0.6) is 11.5 Å². The van der Waals surface area contributed by atoms with Crippen LogP contribution < -0.4 is 9.47 Å². The second-order valence-electron chi connectivity index (χ2n) is 7.96. The molecule has 0 atom stereocenters. The smallest absolute Gasteiger partial charge is 0.246 e. The molecule has 3 aromatic rings. The van der Waals surface area contributed by atoms with Gasteiger partial charge in [-0.15, -0.1) is 0 Å². The number of aromatic nitrogens is 2. The van der Waals surface area contributed by atoms with Crippen molar-refractivity contribution in [2.45, 2.75) is 13.5 Å². The van der Waals surface area contributed by atoms with E-state index in [2.05, 4.69) is 15.0 Å². The van der Waals surface area contributed by atoms with Crippen molar-refractivity contribution >= 4 is 12.0 Å². The molecule has 172 valence electrons. The quantitative estimate of drug-likeness (QED) is 0.512. The van der Waals surface area contributed by atoms with E-state index in [9.17, 15) is 4.79 Å². The molecule has 1 aliphatic rings. The number of carbonyl (C=O) groups excluding carboxylic acids is 1. The predicted molar refractivity (Wildman–Crippen MR) is 125 cm³/mol. The molecule has 0 N–H and O–H groups in total. The molecule has 0 aliphatic carbocycles. The number of benzene rings is 2. The van der Waals surface area contributed by atoms with Gasteiger partial charge in [-0.2, -0.15) is 4.98 Å². The molecule has 8 nitrogen and oxygen atoms in total. The van der Waals surface area contributed by atoms with Crippen molar-refractivity contribution in [2.75, 3.05) is 40.4 Å². The first-order valence-corrected chi connectivity index (χ1v) is 10.9. The van der Waals surface area contributed by atoms with Gasteiger partial charge in [0.1, 0.15) is 11.5 Å². The first kappa shape index (κ1) is 22.5. The maximum atomic E-state index is 12.6. The molecule has 8 heteroatoms. The fourth-order valence-electron chi connectivity index (χ4n) is 3.66. The van der Waals surface area contributed by atoms with Crippen molar-refractivity contribution in [3.05, 3.63) is 65.6 Å². The molecule has 33 heavy (non-hydrogen) atoms. The largest absolute Gasteiger partial charge is 0.497 e. The molecule has 1 saturated heterocycles. The van der Waals surface area contributed by atoms with E-state index >= 15 is 0 Å². The third kappa shape index (κ3) is 5.78. The Morgan fingerprint density at radius 3 is 2.33 bits per heavy atom. The van der Waals surface area contributed by atoms with Gasteiger partial charge in [-0.05, 0) is 30.7 Å². The molecule has 1 aliphatic heterocycles. The van der Waals surface area contributed by atoms with Crippen LogP contribution in [0.4, 0.5) is 0 Å². The Hall–Kier alpha value is -3.65. The Labute approximate surface area is 193 Å². The lowest BCUT2D eigenvalue weighted by Gasteiger charge is -2.33. The topological polar surface area (TPSA) is 80.9 Å². The highest BCUT2D eigenvalue weighted by Crippen LogP contribution is 2.23. The molecule has 2 aromatic carbocycles.